The average Bonchev–Trinajstić information content (AvgIpc) is 3.27. The number of hydrogen-bond acceptors (Lipinski definition) is 4. The van der Waals surface area contributed by atoms with Crippen LogP contribution in [0.5, 0.6) is 0 Å². The van der Waals surface area contributed by atoms with Gasteiger partial charge in [-0.05, 0) is 71.5 Å². The van der Waals surface area contributed by atoms with Gasteiger partial charge in [0, 0.05) is 31.6 Å². The monoisotopic (exact) mass is 522 g/mol. The Balaban J connectivity index is 1.45. The van der Waals surface area contributed by atoms with Crippen molar-refractivity contribution in [3.05, 3.63) is 93.5 Å². The maximum Gasteiger partial charge on any atom is 0.416 e. The van der Waals surface area contributed by atoms with Crippen LogP contribution in [-0.2, 0) is 31.0 Å². The van der Waals surface area contributed by atoms with E-state index < -0.39 is 23.6 Å². The number of carboxylic acid groups (broad SMARTS) is 1. The van der Waals surface area contributed by atoms with Gasteiger partial charge in [-0.15, -0.1) is 5.10 Å². The second kappa shape index (κ2) is 9.59. The van der Waals surface area contributed by atoms with Crippen molar-refractivity contribution in [3.8, 4) is 0 Å². The molecule has 1 atom stereocenters. The van der Waals surface area contributed by atoms with Crippen LogP contribution in [-0.4, -0.2) is 43.4 Å². The number of carbonyl (C=O) groups excluding carboxylic acids is 1. The Labute approximate surface area is 216 Å². The zero-order chi connectivity index (χ0) is 27.2. The zero-order valence-electron chi connectivity index (χ0n) is 20.8. The Morgan fingerprint density at radius 2 is 1.79 bits per heavy atom. The molecule has 1 N–H and O–H groups in total. The van der Waals surface area contributed by atoms with E-state index in [-0.39, 0.29) is 24.4 Å². The van der Waals surface area contributed by atoms with Gasteiger partial charge in [0.15, 0.2) is 0 Å². The first-order chi connectivity index (χ1) is 18.0. The van der Waals surface area contributed by atoms with Gasteiger partial charge < -0.3 is 10.0 Å². The highest BCUT2D eigenvalue weighted by Crippen LogP contribution is 2.35. The van der Waals surface area contributed by atoms with E-state index in [2.05, 4.69) is 10.3 Å². The van der Waals surface area contributed by atoms with Crippen molar-refractivity contribution in [2.75, 3.05) is 6.54 Å². The lowest BCUT2D eigenvalue weighted by atomic mass is 9.83. The summed E-state index contributed by atoms with van der Waals surface area (Å²) < 4.78 is 40.4. The second-order valence-corrected chi connectivity index (χ2v) is 9.59. The molecule has 4 aromatic rings. The topological polar surface area (TPSA) is 88.3 Å². The predicted octanol–water partition coefficient (Wildman–Crippen LogP) is 5.10. The number of fused-ring (bicyclic) bond motifs is 2. The summed E-state index contributed by atoms with van der Waals surface area (Å²) in [4.78, 5) is 26.5. The molecule has 1 unspecified atom stereocenters. The Morgan fingerprint density at radius 3 is 2.47 bits per heavy atom. The summed E-state index contributed by atoms with van der Waals surface area (Å²) >= 11 is 0. The molecule has 38 heavy (non-hydrogen) atoms. The molecule has 1 aliphatic rings. The molecule has 0 bridgehead atoms. The van der Waals surface area contributed by atoms with Gasteiger partial charge in [0.05, 0.1) is 17.5 Å². The van der Waals surface area contributed by atoms with Crippen molar-refractivity contribution in [3.63, 3.8) is 0 Å². The largest absolute Gasteiger partial charge is 0.481 e. The summed E-state index contributed by atoms with van der Waals surface area (Å²) in [6.07, 6.45) is -4.00. The summed E-state index contributed by atoms with van der Waals surface area (Å²) in [6, 6.07) is 13.9. The van der Waals surface area contributed by atoms with Crippen LogP contribution in [0.3, 0.4) is 0 Å². The van der Waals surface area contributed by atoms with E-state index in [0.717, 1.165) is 45.5 Å². The fourth-order valence-electron chi connectivity index (χ4n) is 5.16. The lowest BCUT2D eigenvalue weighted by molar-refractivity contribution is -0.138. The Bertz CT molecular complexity index is 1540. The molecule has 1 amide bonds. The molecule has 0 spiro atoms. The highest BCUT2D eigenvalue weighted by Gasteiger charge is 2.31. The summed E-state index contributed by atoms with van der Waals surface area (Å²) in [5.74, 6) is -1.73. The van der Waals surface area contributed by atoms with Gasteiger partial charge in [-0.3, -0.25) is 9.59 Å². The number of amides is 1. The molecule has 1 aromatic heterocycles. The van der Waals surface area contributed by atoms with E-state index in [4.69, 9.17) is 0 Å². The van der Waals surface area contributed by atoms with Crippen LogP contribution in [0.2, 0.25) is 0 Å². The zero-order valence-corrected chi connectivity index (χ0v) is 20.8. The second-order valence-electron chi connectivity index (χ2n) is 9.59. The van der Waals surface area contributed by atoms with Crippen molar-refractivity contribution in [2.24, 2.45) is 7.05 Å². The van der Waals surface area contributed by atoms with Crippen molar-refractivity contribution >= 4 is 22.9 Å². The van der Waals surface area contributed by atoms with Gasteiger partial charge in [-0.2, -0.15) is 13.2 Å². The molecule has 2 heterocycles. The lowest BCUT2D eigenvalue weighted by Gasteiger charge is -2.30. The van der Waals surface area contributed by atoms with Gasteiger partial charge in [-0.25, -0.2) is 4.68 Å². The molecule has 1 aliphatic heterocycles. The van der Waals surface area contributed by atoms with Crippen molar-refractivity contribution < 1.29 is 27.9 Å². The standard InChI is InChI=1S/C28H25F3N4O3/c1-16-22(9-10-24-26(16)32-33-34(24)2)23(14-25(36)37)19-4-3-17-11-12-35(15-20(17)13-19)27(38)18-5-7-21(8-6-18)28(29,30)31/h3-10,13,23H,11-12,14-15H2,1-2H3,(H,36,37). The van der Waals surface area contributed by atoms with Crippen LogP contribution in [0.25, 0.3) is 11.0 Å². The third-order valence-electron chi connectivity index (χ3n) is 7.22. The van der Waals surface area contributed by atoms with Gasteiger partial charge in [0.25, 0.3) is 5.91 Å². The van der Waals surface area contributed by atoms with E-state index in [1.807, 2.05) is 37.3 Å². The molecule has 196 valence electrons. The minimum atomic E-state index is -4.47. The van der Waals surface area contributed by atoms with Crippen LogP contribution >= 0.6 is 0 Å². The number of benzene rings is 3. The van der Waals surface area contributed by atoms with Crippen LogP contribution in [0, 0.1) is 6.92 Å². The molecule has 3 aromatic carbocycles. The van der Waals surface area contributed by atoms with E-state index in [1.165, 1.54) is 12.1 Å². The average molecular weight is 523 g/mol. The SMILES string of the molecule is Cc1c(C(CC(=O)O)c2ccc3c(c2)CN(C(=O)c2ccc(C(F)(F)F)cc2)CC3)ccc2c1nnn2C. The fourth-order valence-corrected chi connectivity index (χ4v) is 5.16. The maximum absolute atomic E-state index is 13.1. The van der Waals surface area contributed by atoms with Gasteiger partial charge in [0.1, 0.15) is 5.52 Å². The molecule has 10 heteroatoms. The third kappa shape index (κ3) is 4.73. The highest BCUT2D eigenvalue weighted by atomic mass is 19.4. The van der Waals surface area contributed by atoms with Crippen LogP contribution in [0.4, 0.5) is 13.2 Å². The summed E-state index contributed by atoms with van der Waals surface area (Å²) in [5.41, 5.74) is 5.41. The first-order valence-corrected chi connectivity index (χ1v) is 12.1. The predicted molar refractivity (Wildman–Crippen MR) is 134 cm³/mol. The number of aryl methyl sites for hydroxylation is 2. The molecular weight excluding hydrogens is 497 g/mol. The minimum Gasteiger partial charge on any atom is -0.481 e. The number of nitrogens with zero attached hydrogens (tertiary/aromatic N) is 4. The molecule has 0 fully saturated rings. The summed E-state index contributed by atoms with van der Waals surface area (Å²) in [5, 5.41) is 18.0. The fraction of sp³-hybridized carbons (Fsp3) is 0.286. The van der Waals surface area contributed by atoms with Gasteiger partial charge >= 0.3 is 12.1 Å². The normalized spacial score (nSPS) is 14.4. The van der Waals surface area contributed by atoms with Crippen molar-refractivity contribution in [1.29, 1.82) is 0 Å². The van der Waals surface area contributed by atoms with E-state index >= 15 is 0 Å². The lowest BCUT2D eigenvalue weighted by Crippen LogP contribution is -2.36. The van der Waals surface area contributed by atoms with E-state index in [0.29, 0.717) is 18.5 Å². The molecule has 5 rings (SSSR count). The summed E-state index contributed by atoms with van der Waals surface area (Å²) in [6.45, 7) is 2.63. The molecule has 7 nitrogen and oxygen atoms in total. The Kier molecular flexibility index (Phi) is 6.42. The Hall–Kier alpha value is -4.21. The number of aromatic nitrogens is 3. The number of carbonyl (C=O) groups is 2. The number of carboxylic acids is 1. The van der Waals surface area contributed by atoms with Crippen molar-refractivity contribution in [1.82, 2.24) is 19.9 Å². The quantitative estimate of drug-likeness (QED) is 0.394. The first kappa shape index (κ1) is 25.4. The van der Waals surface area contributed by atoms with E-state index in [9.17, 15) is 27.9 Å². The highest BCUT2D eigenvalue weighted by molar-refractivity contribution is 5.94. The number of rotatable bonds is 5. The molecule has 0 saturated heterocycles. The van der Waals surface area contributed by atoms with Gasteiger partial charge in [-0.1, -0.05) is 29.5 Å². The van der Waals surface area contributed by atoms with Crippen LogP contribution in [0.15, 0.2) is 54.6 Å². The van der Waals surface area contributed by atoms with Gasteiger partial charge in [0.2, 0.25) is 0 Å². The molecule has 0 aliphatic carbocycles. The summed E-state index contributed by atoms with van der Waals surface area (Å²) in [7, 11) is 1.80. The molecule has 0 radical (unpaired) electrons. The first-order valence-electron chi connectivity index (χ1n) is 12.1. The maximum atomic E-state index is 13.1. The Morgan fingerprint density at radius 1 is 1.05 bits per heavy atom. The molecule has 0 saturated carbocycles. The van der Waals surface area contributed by atoms with Crippen molar-refractivity contribution in [2.45, 2.75) is 38.4 Å². The number of aliphatic carboxylic acids is 1. The molecular formula is C28H25F3N4O3. The number of hydrogen-bond donors (Lipinski definition) is 1. The van der Waals surface area contributed by atoms with Crippen LogP contribution < -0.4 is 0 Å². The van der Waals surface area contributed by atoms with Crippen LogP contribution in [0.1, 0.15) is 56.1 Å². The minimum absolute atomic E-state index is 0.125. The smallest absolute Gasteiger partial charge is 0.416 e. The number of alkyl halides is 3. The third-order valence-corrected chi connectivity index (χ3v) is 7.22. The number of halogens is 3. The van der Waals surface area contributed by atoms with E-state index in [1.54, 1.807) is 16.6 Å².